The number of hydrogen-bond donors (Lipinski definition) is 2. The number of aromatic nitrogens is 2. The van der Waals surface area contributed by atoms with Crippen LogP contribution in [-0.2, 0) is 0 Å². The molecule has 0 aliphatic rings. The third kappa shape index (κ3) is 3.87. The van der Waals surface area contributed by atoms with E-state index in [1.54, 1.807) is 23.0 Å². The molecule has 22 heavy (non-hydrogen) atoms. The average molecular weight is 323 g/mol. The maximum Gasteiger partial charge on any atom is 0.251 e. The highest BCUT2D eigenvalue weighted by molar-refractivity contribution is 5.94. The summed E-state index contributed by atoms with van der Waals surface area (Å²) in [5, 5.41) is 7.18. The standard InChI is InChI=1S/C16H22N4O.ClH/c1-12(2)16(3,11-17)19-15(21)13-5-7-14(8-6-13)20-10-4-9-18-20;/h4-10,12H,11,17H2,1-3H3,(H,19,21);1H. The summed E-state index contributed by atoms with van der Waals surface area (Å²) < 4.78 is 1.75. The number of hydrogen-bond acceptors (Lipinski definition) is 3. The van der Waals surface area contributed by atoms with Crippen LogP contribution in [0.1, 0.15) is 31.1 Å². The van der Waals surface area contributed by atoms with Crippen LogP contribution in [-0.4, -0.2) is 27.8 Å². The van der Waals surface area contributed by atoms with E-state index in [2.05, 4.69) is 10.4 Å². The summed E-state index contributed by atoms with van der Waals surface area (Å²) in [5.74, 6) is 0.151. The number of carbonyl (C=O) groups excluding carboxylic acids is 1. The summed E-state index contributed by atoms with van der Waals surface area (Å²) >= 11 is 0. The predicted molar refractivity (Wildman–Crippen MR) is 90.6 cm³/mol. The van der Waals surface area contributed by atoms with Gasteiger partial charge in [0.1, 0.15) is 0 Å². The zero-order chi connectivity index (χ0) is 15.5. The van der Waals surface area contributed by atoms with Gasteiger partial charge in [0.05, 0.1) is 11.2 Å². The molecule has 0 aliphatic heterocycles. The van der Waals surface area contributed by atoms with Crippen molar-refractivity contribution in [1.82, 2.24) is 15.1 Å². The van der Waals surface area contributed by atoms with Crippen LogP contribution in [0.5, 0.6) is 0 Å². The summed E-state index contributed by atoms with van der Waals surface area (Å²) in [6, 6.07) is 9.19. The fourth-order valence-corrected chi connectivity index (χ4v) is 1.95. The SMILES string of the molecule is CC(C)C(C)(CN)NC(=O)c1ccc(-n2cccn2)cc1.Cl. The lowest BCUT2D eigenvalue weighted by Gasteiger charge is -2.33. The molecule has 0 saturated heterocycles. The van der Waals surface area contributed by atoms with Crippen molar-refractivity contribution in [2.24, 2.45) is 11.7 Å². The molecule has 0 fully saturated rings. The first-order valence-electron chi connectivity index (χ1n) is 7.09. The predicted octanol–water partition coefficient (Wildman–Crippen LogP) is 2.40. The van der Waals surface area contributed by atoms with Crippen molar-refractivity contribution in [3.63, 3.8) is 0 Å². The van der Waals surface area contributed by atoms with Crippen molar-refractivity contribution in [3.8, 4) is 5.69 Å². The normalized spacial score (nSPS) is 13.3. The van der Waals surface area contributed by atoms with Crippen molar-refractivity contribution in [1.29, 1.82) is 0 Å². The van der Waals surface area contributed by atoms with Gasteiger partial charge in [-0.3, -0.25) is 4.79 Å². The zero-order valence-corrected chi connectivity index (χ0v) is 13.9. The van der Waals surface area contributed by atoms with Crippen LogP contribution in [0.15, 0.2) is 42.7 Å². The van der Waals surface area contributed by atoms with Crippen LogP contribution in [0, 0.1) is 5.92 Å². The molecule has 5 nitrogen and oxygen atoms in total. The second kappa shape index (κ2) is 7.42. The van der Waals surface area contributed by atoms with E-state index in [4.69, 9.17) is 5.73 Å². The minimum atomic E-state index is -0.405. The quantitative estimate of drug-likeness (QED) is 0.887. The van der Waals surface area contributed by atoms with E-state index in [0.29, 0.717) is 12.1 Å². The number of carbonyl (C=O) groups is 1. The van der Waals surface area contributed by atoms with Crippen molar-refractivity contribution in [2.75, 3.05) is 6.54 Å². The van der Waals surface area contributed by atoms with Gasteiger partial charge in [-0.15, -0.1) is 12.4 Å². The summed E-state index contributed by atoms with van der Waals surface area (Å²) in [5.41, 5.74) is 6.93. The first-order valence-corrected chi connectivity index (χ1v) is 7.09. The van der Waals surface area contributed by atoms with Crippen LogP contribution >= 0.6 is 12.4 Å². The van der Waals surface area contributed by atoms with Gasteiger partial charge < -0.3 is 11.1 Å². The molecule has 1 aromatic heterocycles. The number of nitrogens with one attached hydrogen (secondary N) is 1. The lowest BCUT2D eigenvalue weighted by molar-refractivity contribution is 0.0883. The molecule has 2 rings (SSSR count). The Balaban J connectivity index is 0.00000242. The van der Waals surface area contributed by atoms with Crippen LogP contribution in [0.2, 0.25) is 0 Å². The molecule has 1 amide bonds. The zero-order valence-electron chi connectivity index (χ0n) is 13.1. The number of nitrogens with zero attached hydrogens (tertiary/aromatic N) is 2. The van der Waals surface area contributed by atoms with E-state index < -0.39 is 5.54 Å². The first-order chi connectivity index (χ1) is 9.96. The maximum absolute atomic E-state index is 12.3. The Bertz CT molecular complexity index is 595. The smallest absolute Gasteiger partial charge is 0.251 e. The second-order valence-electron chi connectivity index (χ2n) is 5.73. The highest BCUT2D eigenvalue weighted by Crippen LogP contribution is 2.16. The molecular weight excluding hydrogens is 300 g/mol. The van der Waals surface area contributed by atoms with Gasteiger partial charge in [0.15, 0.2) is 0 Å². The number of nitrogens with two attached hydrogens (primary N) is 1. The Labute approximate surface area is 137 Å². The molecule has 1 aromatic carbocycles. The number of rotatable bonds is 5. The highest BCUT2D eigenvalue weighted by atomic mass is 35.5. The average Bonchev–Trinajstić information content (AvgIpc) is 3.01. The van der Waals surface area contributed by atoms with Crippen molar-refractivity contribution >= 4 is 18.3 Å². The summed E-state index contributed by atoms with van der Waals surface area (Å²) in [6.07, 6.45) is 3.58. The number of amides is 1. The Hall–Kier alpha value is -1.85. The highest BCUT2D eigenvalue weighted by Gasteiger charge is 2.28. The minimum absolute atomic E-state index is 0. The van der Waals surface area contributed by atoms with Crippen molar-refractivity contribution in [3.05, 3.63) is 48.3 Å². The second-order valence-corrected chi connectivity index (χ2v) is 5.73. The molecule has 0 saturated carbocycles. The van der Waals surface area contributed by atoms with Gasteiger partial charge >= 0.3 is 0 Å². The van der Waals surface area contributed by atoms with Gasteiger partial charge in [-0.05, 0) is 43.2 Å². The van der Waals surface area contributed by atoms with E-state index in [1.165, 1.54) is 0 Å². The Morgan fingerprint density at radius 1 is 1.36 bits per heavy atom. The van der Waals surface area contributed by atoms with Crippen LogP contribution < -0.4 is 11.1 Å². The molecular formula is C16H23ClN4O. The van der Waals surface area contributed by atoms with Gasteiger partial charge in [0.25, 0.3) is 5.91 Å². The molecule has 0 bridgehead atoms. The molecule has 0 radical (unpaired) electrons. The lowest BCUT2D eigenvalue weighted by Crippen LogP contribution is -2.55. The fourth-order valence-electron chi connectivity index (χ4n) is 1.95. The molecule has 1 unspecified atom stereocenters. The van der Waals surface area contributed by atoms with Crippen molar-refractivity contribution in [2.45, 2.75) is 26.3 Å². The first kappa shape index (κ1) is 18.2. The molecule has 0 aliphatic carbocycles. The largest absolute Gasteiger partial charge is 0.345 e. The van der Waals surface area contributed by atoms with E-state index in [-0.39, 0.29) is 24.2 Å². The van der Waals surface area contributed by atoms with Gasteiger partial charge in [-0.1, -0.05) is 13.8 Å². The van der Waals surface area contributed by atoms with Gasteiger partial charge in [0.2, 0.25) is 0 Å². The molecule has 2 aromatic rings. The minimum Gasteiger partial charge on any atom is -0.345 e. The van der Waals surface area contributed by atoms with E-state index >= 15 is 0 Å². The van der Waals surface area contributed by atoms with Gasteiger partial charge in [-0.25, -0.2) is 4.68 Å². The number of halogens is 1. The third-order valence-corrected chi connectivity index (χ3v) is 4.00. The maximum atomic E-state index is 12.3. The van der Waals surface area contributed by atoms with Crippen LogP contribution in [0.25, 0.3) is 5.69 Å². The monoisotopic (exact) mass is 322 g/mol. The van der Waals surface area contributed by atoms with Gasteiger partial charge in [0, 0.05) is 24.5 Å². The van der Waals surface area contributed by atoms with Crippen molar-refractivity contribution < 1.29 is 4.79 Å². The van der Waals surface area contributed by atoms with E-state index in [0.717, 1.165) is 5.69 Å². The summed E-state index contributed by atoms with van der Waals surface area (Å²) in [7, 11) is 0. The summed E-state index contributed by atoms with van der Waals surface area (Å²) in [4.78, 5) is 12.3. The molecule has 120 valence electrons. The Kier molecular flexibility index (Phi) is 6.14. The van der Waals surface area contributed by atoms with Crippen LogP contribution in [0.3, 0.4) is 0 Å². The van der Waals surface area contributed by atoms with Gasteiger partial charge in [-0.2, -0.15) is 5.10 Å². The van der Waals surface area contributed by atoms with Crippen LogP contribution in [0.4, 0.5) is 0 Å². The molecule has 6 heteroatoms. The van der Waals surface area contributed by atoms with E-state index in [1.807, 2.05) is 45.2 Å². The molecule has 1 atom stereocenters. The fraction of sp³-hybridized carbons (Fsp3) is 0.375. The molecule has 3 N–H and O–H groups in total. The lowest BCUT2D eigenvalue weighted by atomic mass is 9.88. The number of benzene rings is 1. The summed E-state index contributed by atoms with van der Waals surface area (Å²) in [6.45, 7) is 6.47. The molecule has 1 heterocycles. The molecule has 0 spiro atoms. The Morgan fingerprint density at radius 3 is 2.45 bits per heavy atom. The third-order valence-electron chi connectivity index (χ3n) is 4.00. The Morgan fingerprint density at radius 2 is 2.00 bits per heavy atom. The topological polar surface area (TPSA) is 72.9 Å². The van der Waals surface area contributed by atoms with E-state index in [9.17, 15) is 4.79 Å².